The second-order valence-corrected chi connectivity index (χ2v) is 9.16. The van der Waals surface area contributed by atoms with Gasteiger partial charge in [-0.2, -0.15) is 0 Å². The van der Waals surface area contributed by atoms with Crippen molar-refractivity contribution in [2.24, 2.45) is 17.3 Å². The predicted octanol–water partition coefficient (Wildman–Crippen LogP) is 2.28. The van der Waals surface area contributed by atoms with Crippen molar-refractivity contribution >= 4 is 17.8 Å². The molecule has 3 atom stereocenters. The van der Waals surface area contributed by atoms with Gasteiger partial charge in [-0.25, -0.2) is 4.79 Å². The number of carboxylic acids is 1. The van der Waals surface area contributed by atoms with Crippen LogP contribution in [0.25, 0.3) is 0 Å². The molecule has 2 amide bonds. The first-order valence-electron chi connectivity index (χ1n) is 9.81. The van der Waals surface area contributed by atoms with E-state index >= 15 is 0 Å². The molecule has 0 aromatic carbocycles. The third-order valence-electron chi connectivity index (χ3n) is 4.90. The Morgan fingerprint density at radius 1 is 1.04 bits per heavy atom. The van der Waals surface area contributed by atoms with E-state index in [1.807, 2.05) is 48.5 Å². The van der Waals surface area contributed by atoms with E-state index in [1.165, 1.54) is 11.8 Å². The topological polar surface area (TPSA) is 98.7 Å². The zero-order valence-electron chi connectivity index (χ0n) is 19.1. The zero-order valence-corrected chi connectivity index (χ0v) is 19.1. The smallest absolute Gasteiger partial charge is 0.331 e. The van der Waals surface area contributed by atoms with Gasteiger partial charge in [0.15, 0.2) is 0 Å². The highest BCUT2D eigenvalue weighted by Crippen LogP contribution is 2.24. The lowest BCUT2D eigenvalue weighted by Gasteiger charge is -2.38. The molecule has 0 aliphatic carbocycles. The summed E-state index contributed by atoms with van der Waals surface area (Å²) in [5.41, 5.74) is -0.326. The van der Waals surface area contributed by atoms with Gasteiger partial charge in [0.25, 0.3) is 0 Å². The summed E-state index contributed by atoms with van der Waals surface area (Å²) in [6.07, 6.45) is 1.59. The summed E-state index contributed by atoms with van der Waals surface area (Å²) >= 11 is 0. The standard InChI is InChI=1S/C21H39N3O4/c1-12(2)15(11-14(5)20(27)28)24(10)19(26)17(21(6,7)8)23-18(25)16(22-9)13(3)4/h11-13,15-17,22H,1-10H3,(H,23,25)(H,27,28)/t15-,16?,17-/m1/s1. The van der Waals surface area contributed by atoms with Crippen LogP contribution < -0.4 is 10.6 Å². The molecule has 0 radical (unpaired) electrons. The average molecular weight is 398 g/mol. The fourth-order valence-corrected chi connectivity index (χ4v) is 3.08. The number of aliphatic carboxylic acids is 1. The molecule has 0 saturated carbocycles. The molecule has 0 fully saturated rings. The van der Waals surface area contributed by atoms with Crippen LogP contribution in [0.15, 0.2) is 11.6 Å². The van der Waals surface area contributed by atoms with E-state index in [9.17, 15) is 19.5 Å². The minimum atomic E-state index is -1.01. The number of carbonyl (C=O) groups is 3. The van der Waals surface area contributed by atoms with E-state index in [1.54, 1.807) is 20.2 Å². The van der Waals surface area contributed by atoms with E-state index in [0.717, 1.165) is 0 Å². The molecule has 7 heteroatoms. The number of hydrogen-bond donors (Lipinski definition) is 3. The van der Waals surface area contributed by atoms with Gasteiger partial charge in [-0.1, -0.05) is 54.5 Å². The molecule has 162 valence electrons. The number of likely N-dealkylation sites (N-methyl/N-ethyl adjacent to an activating group) is 2. The Bertz CT molecular complexity index is 591. The van der Waals surface area contributed by atoms with Crippen molar-refractivity contribution in [1.29, 1.82) is 0 Å². The van der Waals surface area contributed by atoms with Gasteiger partial charge in [-0.3, -0.25) is 9.59 Å². The number of rotatable bonds is 9. The molecule has 0 aromatic rings. The lowest BCUT2D eigenvalue weighted by Crippen LogP contribution is -2.59. The summed E-state index contributed by atoms with van der Waals surface area (Å²) in [7, 11) is 3.38. The number of hydrogen-bond acceptors (Lipinski definition) is 4. The van der Waals surface area contributed by atoms with Crippen LogP contribution in [0, 0.1) is 17.3 Å². The van der Waals surface area contributed by atoms with Crippen LogP contribution in [0.4, 0.5) is 0 Å². The van der Waals surface area contributed by atoms with Crippen LogP contribution in [0.2, 0.25) is 0 Å². The van der Waals surface area contributed by atoms with Crippen molar-refractivity contribution in [1.82, 2.24) is 15.5 Å². The first-order valence-corrected chi connectivity index (χ1v) is 9.81. The van der Waals surface area contributed by atoms with E-state index in [4.69, 9.17) is 0 Å². The van der Waals surface area contributed by atoms with Gasteiger partial charge >= 0.3 is 5.97 Å². The predicted molar refractivity (Wildman–Crippen MR) is 112 cm³/mol. The number of amides is 2. The summed E-state index contributed by atoms with van der Waals surface area (Å²) in [6, 6.07) is -1.53. The van der Waals surface area contributed by atoms with E-state index < -0.39 is 29.5 Å². The Balaban J connectivity index is 5.80. The SMILES string of the molecule is CNC(C(=O)N[C@H](C(=O)N(C)[C@H](C=C(C)C(=O)O)C(C)C)C(C)(C)C)C(C)C. The van der Waals surface area contributed by atoms with E-state index in [-0.39, 0.29) is 29.2 Å². The lowest BCUT2D eigenvalue weighted by atomic mass is 9.84. The number of nitrogens with zero attached hydrogens (tertiary/aromatic N) is 1. The van der Waals surface area contributed by atoms with Crippen LogP contribution in [0.5, 0.6) is 0 Å². The first kappa shape index (κ1) is 26.1. The third-order valence-corrected chi connectivity index (χ3v) is 4.90. The Kier molecular flexibility index (Phi) is 9.88. The summed E-state index contributed by atoms with van der Waals surface area (Å²) in [5.74, 6) is -1.39. The van der Waals surface area contributed by atoms with Crippen LogP contribution in [-0.2, 0) is 14.4 Å². The molecule has 0 saturated heterocycles. The van der Waals surface area contributed by atoms with Gasteiger partial charge in [0.05, 0.1) is 12.1 Å². The molecule has 0 spiro atoms. The van der Waals surface area contributed by atoms with Gasteiger partial charge in [0, 0.05) is 12.6 Å². The van der Waals surface area contributed by atoms with Gasteiger partial charge in [0.1, 0.15) is 6.04 Å². The minimum absolute atomic E-state index is 0.0142. The molecule has 0 aliphatic rings. The lowest BCUT2D eigenvalue weighted by molar-refractivity contribution is -0.140. The Hall–Kier alpha value is -1.89. The van der Waals surface area contributed by atoms with Crippen molar-refractivity contribution in [3.63, 3.8) is 0 Å². The molecule has 0 rings (SSSR count). The van der Waals surface area contributed by atoms with Gasteiger partial charge < -0.3 is 20.6 Å². The molecule has 3 N–H and O–H groups in total. The van der Waals surface area contributed by atoms with Crippen molar-refractivity contribution in [3.8, 4) is 0 Å². The number of nitrogens with one attached hydrogen (secondary N) is 2. The molecular weight excluding hydrogens is 358 g/mol. The number of carboxylic acid groups (broad SMARTS) is 1. The fourth-order valence-electron chi connectivity index (χ4n) is 3.08. The van der Waals surface area contributed by atoms with Crippen LogP contribution in [0.3, 0.4) is 0 Å². The third kappa shape index (κ3) is 7.26. The van der Waals surface area contributed by atoms with Gasteiger partial charge in [0.2, 0.25) is 11.8 Å². The van der Waals surface area contributed by atoms with E-state index in [2.05, 4.69) is 10.6 Å². The molecule has 1 unspecified atom stereocenters. The molecule has 0 aliphatic heterocycles. The van der Waals surface area contributed by atoms with Crippen molar-refractivity contribution in [2.75, 3.05) is 14.1 Å². The van der Waals surface area contributed by atoms with Gasteiger partial charge in [-0.05, 0) is 31.2 Å². The molecular formula is C21H39N3O4. The Labute approximate surface area is 169 Å². The second-order valence-electron chi connectivity index (χ2n) is 9.16. The molecule has 0 heterocycles. The summed E-state index contributed by atoms with van der Waals surface area (Å²) < 4.78 is 0. The van der Waals surface area contributed by atoms with Crippen molar-refractivity contribution in [3.05, 3.63) is 11.6 Å². The maximum Gasteiger partial charge on any atom is 0.331 e. The number of carbonyl (C=O) groups excluding carboxylic acids is 2. The zero-order chi connectivity index (χ0) is 22.4. The van der Waals surface area contributed by atoms with Crippen molar-refractivity contribution in [2.45, 2.75) is 73.5 Å². The van der Waals surface area contributed by atoms with Gasteiger partial charge in [-0.15, -0.1) is 0 Å². The van der Waals surface area contributed by atoms with Crippen LogP contribution in [-0.4, -0.2) is 60.0 Å². The Morgan fingerprint density at radius 2 is 1.54 bits per heavy atom. The monoisotopic (exact) mass is 397 g/mol. The fraction of sp³-hybridized carbons (Fsp3) is 0.762. The first-order chi connectivity index (χ1) is 12.6. The average Bonchev–Trinajstić information content (AvgIpc) is 2.54. The quantitative estimate of drug-likeness (QED) is 0.519. The van der Waals surface area contributed by atoms with Crippen molar-refractivity contribution < 1.29 is 19.5 Å². The molecule has 0 aromatic heterocycles. The maximum atomic E-state index is 13.3. The maximum absolute atomic E-state index is 13.3. The second kappa shape index (κ2) is 10.6. The van der Waals surface area contributed by atoms with Crippen LogP contribution in [0.1, 0.15) is 55.4 Å². The summed E-state index contributed by atoms with van der Waals surface area (Å²) in [5, 5.41) is 15.1. The normalized spacial score (nSPS) is 15.9. The summed E-state index contributed by atoms with van der Waals surface area (Å²) in [6.45, 7) is 15.0. The molecule has 7 nitrogen and oxygen atoms in total. The largest absolute Gasteiger partial charge is 0.478 e. The minimum Gasteiger partial charge on any atom is -0.478 e. The summed E-state index contributed by atoms with van der Waals surface area (Å²) in [4.78, 5) is 38.8. The highest BCUT2D eigenvalue weighted by atomic mass is 16.4. The highest BCUT2D eigenvalue weighted by molar-refractivity contribution is 5.91. The van der Waals surface area contributed by atoms with E-state index in [0.29, 0.717) is 0 Å². The Morgan fingerprint density at radius 3 is 1.86 bits per heavy atom. The highest BCUT2D eigenvalue weighted by Gasteiger charge is 2.38. The van der Waals surface area contributed by atoms with Crippen LogP contribution >= 0.6 is 0 Å². The molecule has 28 heavy (non-hydrogen) atoms. The molecule has 0 bridgehead atoms.